The van der Waals surface area contributed by atoms with Crippen LogP contribution in [0.15, 0.2) is 96.3 Å². The third-order valence-corrected chi connectivity index (χ3v) is 9.13. The van der Waals surface area contributed by atoms with Crippen LogP contribution in [-0.2, 0) is 11.3 Å². The average Bonchev–Trinajstić information content (AvgIpc) is 3.12. The van der Waals surface area contributed by atoms with Crippen molar-refractivity contribution in [2.45, 2.75) is 71.3 Å². The quantitative estimate of drug-likeness (QED) is 0.0941. The molecule has 1 aromatic heterocycles. The van der Waals surface area contributed by atoms with Gasteiger partial charge in [0.15, 0.2) is 0 Å². The van der Waals surface area contributed by atoms with Gasteiger partial charge in [-0.1, -0.05) is 63.2 Å². The molecule has 0 radical (unpaired) electrons. The van der Waals surface area contributed by atoms with Gasteiger partial charge in [-0.25, -0.2) is 9.79 Å². The van der Waals surface area contributed by atoms with Gasteiger partial charge < -0.3 is 30.5 Å². The lowest BCUT2D eigenvalue weighted by Crippen LogP contribution is -2.46. The second-order valence-corrected chi connectivity index (χ2v) is 13.9. The minimum atomic E-state index is -0.417. The van der Waals surface area contributed by atoms with E-state index in [9.17, 15) is 9.90 Å². The van der Waals surface area contributed by atoms with Crippen molar-refractivity contribution in [1.29, 1.82) is 10.8 Å². The number of carbonyl (C=O) groups is 1. The van der Waals surface area contributed by atoms with Crippen molar-refractivity contribution < 1.29 is 19.4 Å². The molecule has 3 aromatic rings. The number of nitrogens with two attached hydrogens (primary N) is 1. The van der Waals surface area contributed by atoms with Crippen LogP contribution in [0.4, 0.5) is 10.5 Å². The highest BCUT2D eigenvalue weighted by Crippen LogP contribution is 2.38. The van der Waals surface area contributed by atoms with Crippen LogP contribution in [-0.4, -0.2) is 58.2 Å². The summed E-state index contributed by atoms with van der Waals surface area (Å²) < 4.78 is 13.9. The monoisotopic (exact) mass is 694 g/mol. The smallest absolute Gasteiger partial charge is 0.320 e. The van der Waals surface area contributed by atoms with Crippen molar-refractivity contribution in [2.24, 2.45) is 16.1 Å². The fraction of sp³-hybridized carbons (Fsp3) is 0.385. The summed E-state index contributed by atoms with van der Waals surface area (Å²) in [5, 5.41) is 32.8. The van der Waals surface area contributed by atoms with Crippen LogP contribution in [0.3, 0.4) is 0 Å². The number of allylic oxidation sites excluding steroid dienone is 1. The number of aliphatic imine (C=N–C) groups is 1. The zero-order valence-electron chi connectivity index (χ0n) is 29.7. The molecule has 51 heavy (non-hydrogen) atoms. The highest BCUT2D eigenvalue weighted by Gasteiger charge is 2.30. The van der Waals surface area contributed by atoms with Crippen LogP contribution in [0.25, 0.3) is 0 Å². The number of ether oxygens (including phenoxy) is 2. The molecule has 0 saturated carbocycles. The number of hydrogen-bond donors (Lipinski definition) is 6. The van der Waals surface area contributed by atoms with E-state index in [1.54, 1.807) is 59.3 Å². The molecule has 2 atom stereocenters. The highest BCUT2D eigenvalue weighted by molar-refractivity contribution is 6.05. The highest BCUT2D eigenvalue weighted by atomic mass is 16.5. The first kappa shape index (κ1) is 37.1. The first-order valence-corrected chi connectivity index (χ1v) is 17.4. The minimum absolute atomic E-state index is 0.0714. The zero-order valence-corrected chi connectivity index (χ0v) is 29.7. The van der Waals surface area contributed by atoms with Crippen LogP contribution in [0.5, 0.6) is 5.75 Å². The van der Waals surface area contributed by atoms with Gasteiger partial charge in [-0.3, -0.25) is 20.7 Å². The first-order chi connectivity index (χ1) is 24.4. The van der Waals surface area contributed by atoms with Gasteiger partial charge in [0.25, 0.3) is 0 Å². The number of piperidine rings is 1. The molecule has 2 aromatic carbocycles. The summed E-state index contributed by atoms with van der Waals surface area (Å²) in [5.41, 5.74) is 10.1. The molecule has 12 nitrogen and oxygen atoms in total. The largest absolute Gasteiger partial charge is 0.484 e. The van der Waals surface area contributed by atoms with Crippen LogP contribution in [0.1, 0.15) is 75.3 Å². The number of amidine groups is 1. The Balaban J connectivity index is 1.28. The SMILES string of the molecule is C=CCOC1CCN(C(=N)n2cc(O[C@@H]3CC[C@H](NC(=O)NC(C=C(N)C(C)(C)C)=Nc4ccc(CO)cc4)c4ccccc43)ccc2=N)CC1. The molecule has 7 N–H and O–H groups in total. The molecule has 5 rings (SSSR count). The Morgan fingerprint density at radius 1 is 1.06 bits per heavy atom. The number of pyridine rings is 1. The van der Waals surface area contributed by atoms with E-state index < -0.39 is 6.03 Å². The number of benzene rings is 2. The summed E-state index contributed by atoms with van der Waals surface area (Å²) in [4.78, 5) is 20.1. The van der Waals surface area contributed by atoms with Crippen molar-refractivity contribution in [3.05, 3.63) is 113 Å². The molecule has 2 amide bonds. The zero-order chi connectivity index (χ0) is 36.5. The van der Waals surface area contributed by atoms with Gasteiger partial charge in [0.1, 0.15) is 23.2 Å². The summed E-state index contributed by atoms with van der Waals surface area (Å²) >= 11 is 0. The Bertz CT molecular complexity index is 1820. The number of nitrogens with one attached hydrogen (secondary N) is 4. The molecule has 2 heterocycles. The predicted molar refractivity (Wildman–Crippen MR) is 199 cm³/mol. The van der Waals surface area contributed by atoms with Crippen LogP contribution < -0.4 is 26.6 Å². The Labute approximate surface area is 299 Å². The van der Waals surface area contributed by atoms with Gasteiger partial charge in [0, 0.05) is 30.3 Å². The van der Waals surface area contributed by atoms with Gasteiger partial charge in [-0.15, -0.1) is 6.58 Å². The van der Waals surface area contributed by atoms with Crippen molar-refractivity contribution in [3.63, 3.8) is 0 Å². The van der Waals surface area contributed by atoms with E-state index in [4.69, 9.17) is 26.0 Å². The Kier molecular flexibility index (Phi) is 12.1. The number of likely N-dealkylation sites (tertiary alicyclic amines) is 1. The second-order valence-electron chi connectivity index (χ2n) is 13.9. The van der Waals surface area contributed by atoms with Gasteiger partial charge in [-0.2, -0.15) is 0 Å². The summed E-state index contributed by atoms with van der Waals surface area (Å²) in [7, 11) is 0. The lowest BCUT2D eigenvalue weighted by molar-refractivity contribution is 0.0352. The lowest BCUT2D eigenvalue weighted by atomic mass is 9.85. The van der Waals surface area contributed by atoms with Crippen molar-refractivity contribution in [2.75, 3.05) is 19.7 Å². The molecule has 12 heteroatoms. The topological polar surface area (TPSA) is 174 Å². The Morgan fingerprint density at radius 3 is 2.43 bits per heavy atom. The fourth-order valence-electron chi connectivity index (χ4n) is 6.09. The molecule has 0 bridgehead atoms. The van der Waals surface area contributed by atoms with Crippen LogP contribution in [0, 0.1) is 16.2 Å². The number of urea groups is 1. The summed E-state index contributed by atoms with van der Waals surface area (Å²) in [5.74, 6) is 1.08. The molecule has 1 fully saturated rings. The van der Waals surface area contributed by atoms with Crippen LogP contribution in [0.2, 0.25) is 0 Å². The van der Waals surface area contributed by atoms with E-state index in [0.29, 0.717) is 55.5 Å². The number of amides is 2. The van der Waals surface area contributed by atoms with Gasteiger partial charge in [0.05, 0.1) is 37.2 Å². The maximum Gasteiger partial charge on any atom is 0.320 e. The molecule has 0 unspecified atom stereocenters. The second kappa shape index (κ2) is 16.7. The van der Waals surface area contributed by atoms with E-state index in [1.165, 1.54) is 0 Å². The number of fused-ring (bicyclic) bond motifs is 1. The van der Waals surface area contributed by atoms with E-state index in [-0.39, 0.29) is 41.7 Å². The molecule has 2 aliphatic rings. The molecule has 1 saturated heterocycles. The minimum Gasteiger partial charge on any atom is -0.484 e. The molecule has 1 aliphatic heterocycles. The van der Waals surface area contributed by atoms with Crippen molar-refractivity contribution >= 4 is 23.5 Å². The molecule has 270 valence electrons. The number of carbonyl (C=O) groups excluding carboxylic acids is 1. The number of nitrogens with zero attached hydrogens (tertiary/aromatic N) is 3. The van der Waals surface area contributed by atoms with Gasteiger partial charge >= 0.3 is 6.03 Å². The first-order valence-electron chi connectivity index (χ1n) is 17.4. The van der Waals surface area contributed by atoms with E-state index in [2.05, 4.69) is 22.2 Å². The number of rotatable bonds is 9. The maximum atomic E-state index is 13.5. The number of aliphatic hydroxyl groups is 1. The van der Waals surface area contributed by atoms with Gasteiger partial charge in [0.2, 0.25) is 5.96 Å². The molecular formula is C39H50N8O4. The molecule has 0 spiro atoms. The number of aliphatic hydroxyl groups excluding tert-OH is 1. The van der Waals surface area contributed by atoms with Crippen molar-refractivity contribution in [1.82, 2.24) is 20.1 Å². The summed E-state index contributed by atoms with van der Waals surface area (Å²) in [6.45, 7) is 11.5. The predicted octanol–water partition coefficient (Wildman–Crippen LogP) is 5.78. The van der Waals surface area contributed by atoms with E-state index >= 15 is 0 Å². The Hall–Kier alpha value is -5.20. The van der Waals surface area contributed by atoms with Gasteiger partial charge in [-0.05, 0) is 66.6 Å². The third-order valence-electron chi connectivity index (χ3n) is 9.13. The number of hydrogen-bond acceptors (Lipinski definition) is 8. The van der Waals surface area contributed by atoms with E-state index in [1.807, 2.05) is 49.9 Å². The fourth-order valence-corrected chi connectivity index (χ4v) is 6.09. The maximum absolute atomic E-state index is 13.5. The average molecular weight is 695 g/mol. The Morgan fingerprint density at radius 2 is 1.76 bits per heavy atom. The number of aromatic nitrogens is 1. The standard InChI is InChI=1S/C39H50N8O4/c1-5-22-50-28-18-20-46(21-19-28)37(42)47-24-29(14-17-35(47)41)51-33-16-15-32(30-8-6-7-9-31(30)33)44-38(49)45-36(23-34(40)39(2,3)4)43-27-12-10-26(25-48)11-13-27/h5-14,17,23-24,28,32-33,41-42,48H,1,15-16,18-22,25,40H2,2-4H3,(H2,43,44,45,49)/t32-,33+/m0/s1. The normalized spacial score (nSPS) is 18.5. The lowest BCUT2D eigenvalue weighted by Gasteiger charge is -2.34. The van der Waals surface area contributed by atoms with Crippen molar-refractivity contribution in [3.8, 4) is 5.75 Å². The molecular weight excluding hydrogens is 644 g/mol. The third kappa shape index (κ3) is 9.74. The summed E-state index contributed by atoms with van der Waals surface area (Å²) in [6.07, 6.45) is 7.87. The van der Waals surface area contributed by atoms with E-state index in [0.717, 1.165) is 29.5 Å². The van der Waals surface area contributed by atoms with Crippen LogP contribution >= 0.6 is 0 Å². The molecule has 1 aliphatic carbocycles. The summed E-state index contributed by atoms with van der Waals surface area (Å²) in [6, 6.07) is 17.7.